The molecule has 0 atom stereocenters. The zero-order chi connectivity index (χ0) is 10.3. The van der Waals surface area contributed by atoms with Crippen molar-refractivity contribution in [2.45, 2.75) is 44.4 Å². The van der Waals surface area contributed by atoms with Crippen molar-refractivity contribution in [1.82, 2.24) is 0 Å². The zero-order valence-corrected chi connectivity index (χ0v) is 10.2. The van der Waals surface area contributed by atoms with E-state index in [2.05, 4.69) is 10.2 Å². The number of isothiocyanates is 1. The van der Waals surface area contributed by atoms with Gasteiger partial charge in [-0.25, -0.2) is 0 Å². The summed E-state index contributed by atoms with van der Waals surface area (Å²) in [5.41, 5.74) is 3.11. The molecule has 0 radical (unpaired) electrons. The zero-order valence-electron chi connectivity index (χ0n) is 8.58. The Morgan fingerprint density at radius 3 is 2.60 bits per heavy atom. The number of fused-ring (bicyclic) bond motifs is 1. The lowest BCUT2D eigenvalue weighted by Crippen LogP contribution is -2.01. The Labute approximate surface area is 99.2 Å². The summed E-state index contributed by atoms with van der Waals surface area (Å²) in [5.74, 6) is 0.857. The number of thiophene rings is 1. The van der Waals surface area contributed by atoms with Crippen LogP contribution in [0.3, 0.4) is 0 Å². The van der Waals surface area contributed by atoms with Crippen LogP contribution in [0.25, 0.3) is 0 Å². The number of hydrogen-bond donors (Lipinski definition) is 0. The predicted octanol–water partition coefficient (Wildman–Crippen LogP) is 4.24. The molecule has 15 heavy (non-hydrogen) atoms. The van der Waals surface area contributed by atoms with Crippen LogP contribution in [0.2, 0.25) is 0 Å². The minimum atomic E-state index is 0.857. The van der Waals surface area contributed by atoms with Crippen LogP contribution in [0.1, 0.15) is 47.6 Å². The van der Waals surface area contributed by atoms with Gasteiger partial charge in [-0.2, -0.15) is 4.99 Å². The molecule has 2 aliphatic rings. The molecule has 0 aliphatic heterocycles. The van der Waals surface area contributed by atoms with Crippen molar-refractivity contribution in [2.75, 3.05) is 0 Å². The number of hydrogen-bond acceptors (Lipinski definition) is 3. The van der Waals surface area contributed by atoms with Crippen LogP contribution in [-0.4, -0.2) is 5.16 Å². The van der Waals surface area contributed by atoms with Crippen molar-refractivity contribution in [1.29, 1.82) is 0 Å². The fourth-order valence-corrected chi connectivity index (χ4v) is 4.00. The van der Waals surface area contributed by atoms with Crippen molar-refractivity contribution in [3.05, 3.63) is 16.0 Å². The molecule has 1 aromatic rings. The fraction of sp³-hybridized carbons (Fsp3) is 0.583. The van der Waals surface area contributed by atoms with Gasteiger partial charge in [-0.05, 0) is 67.8 Å². The van der Waals surface area contributed by atoms with Gasteiger partial charge in [0.25, 0.3) is 0 Å². The lowest BCUT2D eigenvalue weighted by atomic mass is 9.92. The smallest absolute Gasteiger partial charge is 0.130 e. The molecule has 0 unspecified atom stereocenters. The van der Waals surface area contributed by atoms with Gasteiger partial charge >= 0.3 is 0 Å². The molecule has 1 nitrogen and oxygen atoms in total. The van der Waals surface area contributed by atoms with Crippen molar-refractivity contribution in [3.63, 3.8) is 0 Å². The second kappa shape index (κ2) is 3.82. The van der Waals surface area contributed by atoms with Crippen molar-refractivity contribution in [3.8, 4) is 0 Å². The lowest BCUT2D eigenvalue weighted by Gasteiger charge is -2.12. The minimum Gasteiger partial charge on any atom is -0.183 e. The summed E-state index contributed by atoms with van der Waals surface area (Å²) >= 11 is 6.59. The summed E-state index contributed by atoms with van der Waals surface area (Å²) in [6.07, 6.45) is 7.90. The van der Waals surface area contributed by atoms with Gasteiger partial charge in [0.2, 0.25) is 0 Å². The van der Waals surface area contributed by atoms with Gasteiger partial charge in [0.15, 0.2) is 0 Å². The molecule has 0 saturated heterocycles. The van der Waals surface area contributed by atoms with E-state index in [0.717, 1.165) is 10.9 Å². The van der Waals surface area contributed by atoms with E-state index in [-0.39, 0.29) is 0 Å². The van der Waals surface area contributed by atoms with Crippen molar-refractivity contribution >= 4 is 33.7 Å². The molecule has 1 fully saturated rings. The van der Waals surface area contributed by atoms with Gasteiger partial charge < -0.3 is 0 Å². The van der Waals surface area contributed by atoms with Crippen LogP contribution in [-0.2, 0) is 12.8 Å². The number of rotatable bonds is 2. The summed E-state index contributed by atoms with van der Waals surface area (Å²) in [6.45, 7) is 0. The molecule has 78 valence electrons. The topological polar surface area (TPSA) is 12.4 Å². The monoisotopic (exact) mass is 235 g/mol. The van der Waals surface area contributed by atoms with E-state index >= 15 is 0 Å². The van der Waals surface area contributed by atoms with Crippen LogP contribution in [0.5, 0.6) is 0 Å². The molecular formula is C12H13NS2. The fourth-order valence-electron chi connectivity index (χ4n) is 2.45. The molecule has 0 spiro atoms. The van der Waals surface area contributed by atoms with E-state index in [1.54, 1.807) is 10.4 Å². The van der Waals surface area contributed by atoms with E-state index in [4.69, 9.17) is 12.2 Å². The normalized spacial score (nSPS) is 19.5. The molecule has 2 aliphatic carbocycles. The standard InChI is InChI=1S/C12H13NS2/c14-7-13-12-10-4-2-1-3-9(10)11(15-12)8-5-6-8/h8H,1-6H2. The third-order valence-corrected chi connectivity index (χ3v) is 4.75. The van der Waals surface area contributed by atoms with Crippen LogP contribution >= 0.6 is 23.6 Å². The Hall–Kier alpha value is -0.500. The summed E-state index contributed by atoms with van der Waals surface area (Å²) in [4.78, 5) is 5.85. The molecule has 0 N–H and O–H groups in total. The molecule has 0 amide bonds. The second-order valence-electron chi connectivity index (χ2n) is 4.41. The van der Waals surface area contributed by atoms with Crippen LogP contribution in [0.4, 0.5) is 5.00 Å². The van der Waals surface area contributed by atoms with E-state index in [1.807, 2.05) is 11.3 Å². The van der Waals surface area contributed by atoms with Crippen LogP contribution in [0, 0.1) is 0 Å². The first-order valence-corrected chi connectivity index (χ1v) is 6.85. The Bertz CT molecular complexity index is 437. The predicted molar refractivity (Wildman–Crippen MR) is 67.6 cm³/mol. The van der Waals surface area contributed by atoms with Gasteiger partial charge in [0, 0.05) is 4.88 Å². The Balaban J connectivity index is 2.11. The molecule has 1 saturated carbocycles. The summed E-state index contributed by atoms with van der Waals surface area (Å²) < 4.78 is 0. The molecule has 1 aromatic heterocycles. The maximum Gasteiger partial charge on any atom is 0.130 e. The molecule has 3 rings (SSSR count). The molecule has 1 heterocycles. The quantitative estimate of drug-likeness (QED) is 0.551. The Kier molecular flexibility index (Phi) is 2.47. The van der Waals surface area contributed by atoms with Crippen molar-refractivity contribution in [2.24, 2.45) is 4.99 Å². The Morgan fingerprint density at radius 2 is 1.93 bits per heavy atom. The third kappa shape index (κ3) is 1.69. The number of aliphatic imine (C=N–C) groups is 1. The van der Waals surface area contributed by atoms with E-state index in [9.17, 15) is 0 Å². The highest BCUT2D eigenvalue weighted by Crippen LogP contribution is 2.50. The maximum atomic E-state index is 4.72. The van der Waals surface area contributed by atoms with Gasteiger partial charge in [0.1, 0.15) is 5.00 Å². The van der Waals surface area contributed by atoms with Crippen LogP contribution < -0.4 is 0 Å². The van der Waals surface area contributed by atoms with Gasteiger partial charge in [-0.15, -0.1) is 11.3 Å². The van der Waals surface area contributed by atoms with E-state index in [0.29, 0.717) is 0 Å². The molecule has 3 heteroatoms. The highest BCUT2D eigenvalue weighted by molar-refractivity contribution is 7.78. The average Bonchev–Trinajstić information content (AvgIpc) is 3.04. The molecule has 0 bridgehead atoms. The SMILES string of the molecule is S=C=Nc1sc(C2CC2)c2c1CCCC2. The van der Waals surface area contributed by atoms with Crippen molar-refractivity contribution < 1.29 is 0 Å². The van der Waals surface area contributed by atoms with Crippen LogP contribution in [0.15, 0.2) is 4.99 Å². The van der Waals surface area contributed by atoms with E-state index in [1.165, 1.54) is 44.1 Å². The lowest BCUT2D eigenvalue weighted by molar-refractivity contribution is 0.685. The first kappa shape index (κ1) is 9.71. The highest BCUT2D eigenvalue weighted by atomic mass is 32.1. The maximum absolute atomic E-state index is 4.72. The first-order valence-electron chi connectivity index (χ1n) is 5.62. The molecule has 0 aromatic carbocycles. The summed E-state index contributed by atoms with van der Waals surface area (Å²) in [6, 6.07) is 0. The summed E-state index contributed by atoms with van der Waals surface area (Å²) in [7, 11) is 0. The third-order valence-electron chi connectivity index (χ3n) is 3.33. The Morgan fingerprint density at radius 1 is 1.20 bits per heavy atom. The van der Waals surface area contributed by atoms with E-state index < -0.39 is 0 Å². The summed E-state index contributed by atoms with van der Waals surface area (Å²) in [5, 5.41) is 3.68. The number of thiocarbonyl (C=S) groups is 1. The highest BCUT2D eigenvalue weighted by Gasteiger charge is 2.31. The minimum absolute atomic E-state index is 0.857. The largest absolute Gasteiger partial charge is 0.183 e. The first-order chi connectivity index (χ1) is 7.40. The molecular weight excluding hydrogens is 222 g/mol. The number of nitrogens with zero attached hydrogens (tertiary/aromatic N) is 1. The average molecular weight is 235 g/mol. The second-order valence-corrected chi connectivity index (χ2v) is 5.63. The van der Waals surface area contributed by atoms with Gasteiger partial charge in [0.05, 0.1) is 5.16 Å². The van der Waals surface area contributed by atoms with Gasteiger partial charge in [-0.1, -0.05) is 0 Å². The van der Waals surface area contributed by atoms with Gasteiger partial charge in [-0.3, -0.25) is 0 Å².